The fourth-order valence-electron chi connectivity index (χ4n) is 1.66. The van der Waals surface area contributed by atoms with E-state index in [4.69, 9.17) is 0 Å². The van der Waals surface area contributed by atoms with Gasteiger partial charge in [-0.2, -0.15) is 0 Å². The van der Waals surface area contributed by atoms with Crippen molar-refractivity contribution in [2.75, 3.05) is 0 Å². The number of carbonyl (C=O) groups is 1. The molecule has 0 unspecified atom stereocenters. The summed E-state index contributed by atoms with van der Waals surface area (Å²) in [5.41, 5.74) is 1.57. The van der Waals surface area contributed by atoms with Crippen LogP contribution in [-0.2, 0) is 6.54 Å². The molecule has 0 saturated carbocycles. The first-order chi connectivity index (χ1) is 6.76. The van der Waals surface area contributed by atoms with Crippen molar-refractivity contribution < 1.29 is 9.90 Å². The molecule has 3 nitrogen and oxygen atoms in total. The fourth-order valence-corrected chi connectivity index (χ4v) is 1.66. The predicted octanol–water partition coefficient (Wildman–Crippen LogP) is 2.18. The minimum atomic E-state index is 0.225. The maximum Gasteiger partial charge on any atom is 0.152 e. The molecule has 0 saturated heterocycles. The summed E-state index contributed by atoms with van der Waals surface area (Å²) in [5, 5.41) is 10.2. The van der Waals surface area contributed by atoms with Crippen LogP contribution in [0.5, 0.6) is 5.75 Å². The highest BCUT2D eigenvalue weighted by atomic mass is 16.3. The van der Waals surface area contributed by atoms with Crippen LogP contribution in [0.1, 0.15) is 17.3 Å². The lowest BCUT2D eigenvalue weighted by Crippen LogP contribution is -1.89. The van der Waals surface area contributed by atoms with Crippen LogP contribution in [0.3, 0.4) is 0 Å². The van der Waals surface area contributed by atoms with Gasteiger partial charge in [0, 0.05) is 29.8 Å². The summed E-state index contributed by atoms with van der Waals surface area (Å²) in [4.78, 5) is 10.8. The van der Waals surface area contributed by atoms with Crippen molar-refractivity contribution in [2.45, 2.75) is 13.5 Å². The smallest absolute Gasteiger partial charge is 0.152 e. The zero-order valence-electron chi connectivity index (χ0n) is 7.90. The van der Waals surface area contributed by atoms with Crippen LogP contribution in [0, 0.1) is 0 Å². The third-order valence-corrected chi connectivity index (χ3v) is 2.36. The standard InChI is InChI=1S/C11H11NO2/c1-2-12-6-8(7-13)10-4-3-9(14)5-11(10)12/h3-7,14H,2H2,1H3. The normalized spacial score (nSPS) is 10.6. The van der Waals surface area contributed by atoms with Crippen LogP contribution in [0.15, 0.2) is 24.4 Å². The average molecular weight is 189 g/mol. The van der Waals surface area contributed by atoms with Gasteiger partial charge in [-0.25, -0.2) is 0 Å². The topological polar surface area (TPSA) is 42.2 Å². The van der Waals surface area contributed by atoms with Crippen LogP contribution in [0.25, 0.3) is 10.9 Å². The fraction of sp³-hybridized carbons (Fsp3) is 0.182. The lowest BCUT2D eigenvalue weighted by Gasteiger charge is -1.99. The van der Waals surface area contributed by atoms with Crippen molar-refractivity contribution in [1.29, 1.82) is 0 Å². The summed E-state index contributed by atoms with van der Waals surface area (Å²) in [6, 6.07) is 5.03. The Balaban J connectivity index is 2.82. The van der Waals surface area contributed by atoms with E-state index in [9.17, 15) is 9.90 Å². The molecule has 72 valence electrons. The van der Waals surface area contributed by atoms with Crippen LogP contribution in [0.4, 0.5) is 0 Å². The Morgan fingerprint density at radius 1 is 1.50 bits per heavy atom. The van der Waals surface area contributed by atoms with E-state index in [-0.39, 0.29) is 5.75 Å². The van der Waals surface area contributed by atoms with Crippen LogP contribution >= 0.6 is 0 Å². The third kappa shape index (κ3) is 1.18. The van der Waals surface area contributed by atoms with E-state index in [1.807, 2.05) is 11.5 Å². The summed E-state index contributed by atoms with van der Waals surface area (Å²) >= 11 is 0. The number of carbonyl (C=O) groups excluding carboxylic acids is 1. The molecule has 0 atom stereocenters. The second-order valence-electron chi connectivity index (χ2n) is 3.19. The van der Waals surface area contributed by atoms with E-state index in [1.54, 1.807) is 24.4 Å². The molecule has 3 heteroatoms. The molecule has 0 aliphatic rings. The molecular weight excluding hydrogens is 178 g/mol. The quantitative estimate of drug-likeness (QED) is 0.736. The summed E-state index contributed by atoms with van der Waals surface area (Å²) in [7, 11) is 0. The van der Waals surface area contributed by atoms with Crippen LogP contribution < -0.4 is 0 Å². The van der Waals surface area contributed by atoms with Crippen molar-refractivity contribution in [3.8, 4) is 5.75 Å². The highest BCUT2D eigenvalue weighted by Gasteiger charge is 2.06. The number of hydrogen-bond donors (Lipinski definition) is 1. The van der Waals surface area contributed by atoms with E-state index < -0.39 is 0 Å². The molecule has 0 radical (unpaired) electrons. The predicted molar refractivity (Wildman–Crippen MR) is 54.7 cm³/mol. The number of hydrogen-bond acceptors (Lipinski definition) is 2. The zero-order valence-corrected chi connectivity index (χ0v) is 7.90. The Bertz CT molecular complexity index is 485. The maximum atomic E-state index is 10.8. The molecule has 1 heterocycles. The third-order valence-electron chi connectivity index (χ3n) is 2.36. The lowest BCUT2D eigenvalue weighted by molar-refractivity contribution is 0.112. The number of fused-ring (bicyclic) bond motifs is 1. The molecule has 0 aliphatic heterocycles. The molecule has 0 spiro atoms. The molecule has 2 rings (SSSR count). The van der Waals surface area contributed by atoms with Gasteiger partial charge in [0.05, 0.1) is 5.52 Å². The second-order valence-corrected chi connectivity index (χ2v) is 3.19. The molecule has 0 aliphatic carbocycles. The first-order valence-electron chi connectivity index (χ1n) is 4.53. The largest absolute Gasteiger partial charge is 0.508 e. The van der Waals surface area contributed by atoms with Gasteiger partial charge in [0.25, 0.3) is 0 Å². The number of rotatable bonds is 2. The maximum absolute atomic E-state index is 10.8. The van der Waals surface area contributed by atoms with Gasteiger partial charge in [0.2, 0.25) is 0 Å². The Kier molecular flexibility index (Phi) is 2.00. The van der Waals surface area contributed by atoms with Gasteiger partial charge in [-0.3, -0.25) is 4.79 Å². The minimum absolute atomic E-state index is 0.225. The molecule has 1 aromatic carbocycles. The molecule has 0 bridgehead atoms. The zero-order chi connectivity index (χ0) is 10.1. The summed E-state index contributed by atoms with van der Waals surface area (Å²) in [6.45, 7) is 2.78. The second kappa shape index (κ2) is 3.18. The van der Waals surface area contributed by atoms with Gasteiger partial charge in [-0.1, -0.05) is 0 Å². The summed E-state index contributed by atoms with van der Waals surface area (Å²) in [6.07, 6.45) is 2.64. The number of benzene rings is 1. The van der Waals surface area contributed by atoms with Crippen molar-refractivity contribution >= 4 is 17.2 Å². The first-order valence-corrected chi connectivity index (χ1v) is 4.53. The minimum Gasteiger partial charge on any atom is -0.508 e. The molecule has 0 fully saturated rings. The molecular formula is C11H11NO2. The van der Waals surface area contributed by atoms with Crippen molar-refractivity contribution in [3.05, 3.63) is 30.0 Å². The first kappa shape index (κ1) is 8.81. The Morgan fingerprint density at radius 3 is 2.93 bits per heavy atom. The Labute approximate surface area is 81.6 Å². The van der Waals surface area contributed by atoms with Gasteiger partial charge in [0.15, 0.2) is 6.29 Å². The van der Waals surface area contributed by atoms with Crippen LogP contribution in [-0.4, -0.2) is 16.0 Å². The molecule has 1 aromatic heterocycles. The van der Waals surface area contributed by atoms with Gasteiger partial charge in [-0.05, 0) is 19.1 Å². The number of aromatic hydroxyl groups is 1. The molecule has 1 N–H and O–H groups in total. The van der Waals surface area contributed by atoms with E-state index in [1.165, 1.54) is 0 Å². The van der Waals surface area contributed by atoms with Gasteiger partial charge >= 0.3 is 0 Å². The number of aromatic nitrogens is 1. The lowest BCUT2D eigenvalue weighted by atomic mass is 10.2. The average Bonchev–Trinajstić information content (AvgIpc) is 2.55. The van der Waals surface area contributed by atoms with E-state index in [2.05, 4.69) is 0 Å². The Hall–Kier alpha value is -1.77. The van der Waals surface area contributed by atoms with Gasteiger partial charge < -0.3 is 9.67 Å². The molecule has 14 heavy (non-hydrogen) atoms. The van der Waals surface area contributed by atoms with Crippen molar-refractivity contribution in [1.82, 2.24) is 4.57 Å². The molecule has 0 amide bonds. The van der Waals surface area contributed by atoms with Gasteiger partial charge in [0.1, 0.15) is 5.75 Å². The number of nitrogens with zero attached hydrogens (tertiary/aromatic N) is 1. The highest BCUT2D eigenvalue weighted by Crippen LogP contribution is 2.24. The Morgan fingerprint density at radius 2 is 2.29 bits per heavy atom. The summed E-state index contributed by atoms with van der Waals surface area (Å²) in [5.74, 6) is 0.225. The van der Waals surface area contributed by atoms with E-state index in [0.29, 0.717) is 5.56 Å². The van der Waals surface area contributed by atoms with E-state index in [0.717, 1.165) is 23.7 Å². The van der Waals surface area contributed by atoms with Crippen molar-refractivity contribution in [3.63, 3.8) is 0 Å². The van der Waals surface area contributed by atoms with Crippen molar-refractivity contribution in [2.24, 2.45) is 0 Å². The monoisotopic (exact) mass is 189 g/mol. The number of phenols is 1. The van der Waals surface area contributed by atoms with Gasteiger partial charge in [-0.15, -0.1) is 0 Å². The number of aryl methyl sites for hydroxylation is 1. The SMILES string of the molecule is CCn1cc(C=O)c2ccc(O)cc21. The highest BCUT2D eigenvalue weighted by molar-refractivity contribution is 5.98. The number of aldehydes is 1. The number of phenolic OH excluding ortho intramolecular Hbond substituents is 1. The van der Waals surface area contributed by atoms with Crippen LogP contribution in [0.2, 0.25) is 0 Å². The molecule has 2 aromatic rings. The van der Waals surface area contributed by atoms with E-state index >= 15 is 0 Å². The summed E-state index contributed by atoms with van der Waals surface area (Å²) < 4.78 is 1.94.